The van der Waals surface area contributed by atoms with Gasteiger partial charge in [-0.1, -0.05) is 12.1 Å². The van der Waals surface area contributed by atoms with Crippen molar-refractivity contribution in [2.75, 3.05) is 6.54 Å². The van der Waals surface area contributed by atoms with E-state index in [0.717, 1.165) is 23.2 Å². The number of rotatable bonds is 3. The first-order chi connectivity index (χ1) is 7.79. The highest BCUT2D eigenvalue weighted by molar-refractivity contribution is 5.63. The number of nitrogens with zero attached hydrogens (tertiary/aromatic N) is 1. The molecule has 0 aliphatic rings. The van der Waals surface area contributed by atoms with Gasteiger partial charge in [0, 0.05) is 18.3 Å². The summed E-state index contributed by atoms with van der Waals surface area (Å²) in [7, 11) is 0. The number of aromatic nitrogens is 1. The normalized spacial score (nSPS) is 10.4. The van der Waals surface area contributed by atoms with Crippen LogP contribution in [0.3, 0.4) is 0 Å². The lowest BCUT2D eigenvalue weighted by atomic mass is 10.1. The number of nitrogens with two attached hydrogens (primary N) is 1. The lowest BCUT2D eigenvalue weighted by Crippen LogP contribution is -2.04. The molecule has 16 heavy (non-hydrogen) atoms. The van der Waals surface area contributed by atoms with E-state index in [0.29, 0.717) is 6.54 Å². The van der Waals surface area contributed by atoms with Gasteiger partial charge in [-0.3, -0.25) is 4.98 Å². The van der Waals surface area contributed by atoms with Crippen LogP contribution in [0.25, 0.3) is 11.1 Å². The summed E-state index contributed by atoms with van der Waals surface area (Å²) in [5.41, 5.74) is 8.47. The summed E-state index contributed by atoms with van der Waals surface area (Å²) in [6.07, 6.45) is 2.51. The van der Waals surface area contributed by atoms with Gasteiger partial charge >= 0.3 is 0 Å². The molecule has 2 rings (SSSR count). The number of pyridine rings is 1. The molecule has 0 saturated carbocycles. The zero-order valence-corrected chi connectivity index (χ0v) is 8.86. The molecule has 1 heterocycles. The van der Waals surface area contributed by atoms with Gasteiger partial charge in [-0.2, -0.15) is 0 Å². The lowest BCUT2D eigenvalue weighted by molar-refractivity contribution is 0.628. The third-order valence-electron chi connectivity index (χ3n) is 2.39. The Labute approximate surface area is 93.9 Å². The second-order valence-corrected chi connectivity index (χ2v) is 3.58. The maximum atomic E-state index is 12.8. The Kier molecular flexibility index (Phi) is 3.27. The molecule has 0 bridgehead atoms. The summed E-state index contributed by atoms with van der Waals surface area (Å²) in [6.45, 7) is 0.583. The molecule has 2 N–H and O–H groups in total. The molecule has 82 valence electrons. The first kappa shape index (κ1) is 10.8. The molecule has 3 heteroatoms. The summed E-state index contributed by atoms with van der Waals surface area (Å²) in [5, 5.41) is 0. The molecule has 0 fully saturated rings. The number of hydrogen-bond acceptors (Lipinski definition) is 2. The van der Waals surface area contributed by atoms with Gasteiger partial charge in [-0.15, -0.1) is 0 Å². The van der Waals surface area contributed by atoms with Crippen LogP contribution < -0.4 is 5.73 Å². The highest BCUT2D eigenvalue weighted by atomic mass is 19.1. The molecule has 0 amide bonds. The standard InChI is InChI=1S/C13H13FN2/c14-12-3-1-10(2-4-12)11-6-8-16-13(9-11)5-7-15/h1-4,6,8-9H,5,7,15H2. The zero-order chi connectivity index (χ0) is 11.4. The van der Waals surface area contributed by atoms with E-state index in [-0.39, 0.29) is 5.82 Å². The van der Waals surface area contributed by atoms with Crippen LogP contribution in [0.5, 0.6) is 0 Å². The molecular weight excluding hydrogens is 203 g/mol. The minimum Gasteiger partial charge on any atom is -0.330 e. The molecule has 0 spiro atoms. The fourth-order valence-corrected chi connectivity index (χ4v) is 1.58. The number of benzene rings is 1. The van der Waals surface area contributed by atoms with Gasteiger partial charge in [0.05, 0.1) is 0 Å². The van der Waals surface area contributed by atoms with Crippen LogP contribution in [0.2, 0.25) is 0 Å². The average Bonchev–Trinajstić information content (AvgIpc) is 2.31. The van der Waals surface area contributed by atoms with Crippen LogP contribution in [0.1, 0.15) is 5.69 Å². The Morgan fingerprint density at radius 1 is 1.06 bits per heavy atom. The summed E-state index contributed by atoms with van der Waals surface area (Å²) < 4.78 is 12.8. The molecule has 1 aromatic heterocycles. The van der Waals surface area contributed by atoms with Gasteiger partial charge in [-0.25, -0.2) is 4.39 Å². The fourth-order valence-electron chi connectivity index (χ4n) is 1.58. The van der Waals surface area contributed by atoms with E-state index in [2.05, 4.69) is 4.98 Å². The first-order valence-electron chi connectivity index (χ1n) is 5.20. The van der Waals surface area contributed by atoms with Crippen molar-refractivity contribution < 1.29 is 4.39 Å². The summed E-state index contributed by atoms with van der Waals surface area (Å²) >= 11 is 0. The van der Waals surface area contributed by atoms with Crippen LogP contribution in [0.15, 0.2) is 42.6 Å². The number of halogens is 1. The van der Waals surface area contributed by atoms with Crippen molar-refractivity contribution in [1.82, 2.24) is 4.98 Å². The highest BCUT2D eigenvalue weighted by Gasteiger charge is 2.00. The lowest BCUT2D eigenvalue weighted by Gasteiger charge is -2.03. The van der Waals surface area contributed by atoms with Crippen LogP contribution in [0.4, 0.5) is 4.39 Å². The second-order valence-electron chi connectivity index (χ2n) is 3.58. The molecule has 0 aliphatic carbocycles. The van der Waals surface area contributed by atoms with E-state index in [1.165, 1.54) is 12.1 Å². The van der Waals surface area contributed by atoms with Gasteiger partial charge < -0.3 is 5.73 Å². The van der Waals surface area contributed by atoms with E-state index < -0.39 is 0 Å². The van der Waals surface area contributed by atoms with Crippen molar-refractivity contribution in [1.29, 1.82) is 0 Å². The van der Waals surface area contributed by atoms with Crippen molar-refractivity contribution in [3.05, 3.63) is 54.1 Å². The van der Waals surface area contributed by atoms with Crippen molar-refractivity contribution >= 4 is 0 Å². The van der Waals surface area contributed by atoms with E-state index in [4.69, 9.17) is 5.73 Å². The highest BCUT2D eigenvalue weighted by Crippen LogP contribution is 2.19. The molecule has 0 saturated heterocycles. The van der Waals surface area contributed by atoms with Gasteiger partial charge in [-0.05, 0) is 41.9 Å². The van der Waals surface area contributed by atoms with E-state index in [1.54, 1.807) is 18.3 Å². The largest absolute Gasteiger partial charge is 0.330 e. The molecule has 2 nitrogen and oxygen atoms in total. The minimum absolute atomic E-state index is 0.222. The molecule has 1 aromatic carbocycles. The third-order valence-corrected chi connectivity index (χ3v) is 2.39. The Morgan fingerprint density at radius 2 is 1.81 bits per heavy atom. The molecule has 0 unspecified atom stereocenters. The Balaban J connectivity index is 2.32. The van der Waals surface area contributed by atoms with Gasteiger partial charge in [0.15, 0.2) is 0 Å². The van der Waals surface area contributed by atoms with Crippen LogP contribution >= 0.6 is 0 Å². The fraction of sp³-hybridized carbons (Fsp3) is 0.154. The monoisotopic (exact) mass is 216 g/mol. The van der Waals surface area contributed by atoms with E-state index in [1.807, 2.05) is 12.1 Å². The third kappa shape index (κ3) is 2.44. The zero-order valence-electron chi connectivity index (χ0n) is 8.86. The average molecular weight is 216 g/mol. The number of hydrogen-bond donors (Lipinski definition) is 1. The maximum absolute atomic E-state index is 12.8. The maximum Gasteiger partial charge on any atom is 0.123 e. The Bertz CT molecular complexity index is 466. The smallest absolute Gasteiger partial charge is 0.123 e. The van der Waals surface area contributed by atoms with Crippen LogP contribution in [-0.4, -0.2) is 11.5 Å². The van der Waals surface area contributed by atoms with E-state index in [9.17, 15) is 4.39 Å². The summed E-state index contributed by atoms with van der Waals surface area (Å²) in [6, 6.07) is 10.3. The Morgan fingerprint density at radius 3 is 2.50 bits per heavy atom. The summed E-state index contributed by atoms with van der Waals surface area (Å²) in [5.74, 6) is -0.222. The van der Waals surface area contributed by atoms with Crippen molar-refractivity contribution in [2.45, 2.75) is 6.42 Å². The van der Waals surface area contributed by atoms with Crippen LogP contribution in [-0.2, 0) is 6.42 Å². The second kappa shape index (κ2) is 4.86. The van der Waals surface area contributed by atoms with Crippen molar-refractivity contribution in [3.63, 3.8) is 0 Å². The molecule has 0 atom stereocenters. The quantitative estimate of drug-likeness (QED) is 0.855. The first-order valence-corrected chi connectivity index (χ1v) is 5.20. The summed E-state index contributed by atoms with van der Waals surface area (Å²) in [4.78, 5) is 4.22. The molecular formula is C13H13FN2. The minimum atomic E-state index is -0.222. The SMILES string of the molecule is NCCc1cc(-c2ccc(F)cc2)ccn1. The topological polar surface area (TPSA) is 38.9 Å². The molecule has 0 radical (unpaired) electrons. The molecule has 0 aliphatic heterocycles. The Hall–Kier alpha value is -1.74. The van der Waals surface area contributed by atoms with Gasteiger partial charge in [0.1, 0.15) is 5.82 Å². The molecule has 2 aromatic rings. The predicted molar refractivity (Wildman–Crippen MR) is 62.4 cm³/mol. The van der Waals surface area contributed by atoms with Gasteiger partial charge in [0.25, 0.3) is 0 Å². The van der Waals surface area contributed by atoms with Crippen molar-refractivity contribution in [3.8, 4) is 11.1 Å². The predicted octanol–water partition coefficient (Wildman–Crippen LogP) is 2.39. The van der Waals surface area contributed by atoms with Crippen molar-refractivity contribution in [2.24, 2.45) is 5.73 Å². The van der Waals surface area contributed by atoms with Gasteiger partial charge in [0.2, 0.25) is 0 Å². The van der Waals surface area contributed by atoms with Crippen LogP contribution in [0, 0.1) is 5.82 Å². The van der Waals surface area contributed by atoms with E-state index >= 15 is 0 Å².